The van der Waals surface area contributed by atoms with Gasteiger partial charge in [-0.3, -0.25) is 9.59 Å². The first kappa shape index (κ1) is 14.6. The van der Waals surface area contributed by atoms with Crippen molar-refractivity contribution in [3.05, 3.63) is 40.2 Å². The second kappa shape index (κ2) is 6.09. The largest absolute Gasteiger partial charge is 0.497 e. The molecule has 1 heterocycles. The van der Waals surface area contributed by atoms with Crippen LogP contribution in [0.2, 0.25) is 0 Å². The lowest BCUT2D eigenvalue weighted by molar-refractivity contribution is -0.143. The van der Waals surface area contributed by atoms with E-state index in [-0.39, 0.29) is 24.1 Å². The van der Waals surface area contributed by atoms with Gasteiger partial charge in [0.2, 0.25) is 5.43 Å². The second-order valence-electron chi connectivity index (χ2n) is 4.30. The van der Waals surface area contributed by atoms with Crippen LogP contribution in [0.3, 0.4) is 0 Å². The van der Waals surface area contributed by atoms with Crippen molar-refractivity contribution in [3.8, 4) is 11.8 Å². The molecule has 0 aliphatic rings. The number of nitrogens with zero attached hydrogens (tertiary/aromatic N) is 2. The van der Waals surface area contributed by atoms with Crippen LogP contribution >= 0.6 is 0 Å². The van der Waals surface area contributed by atoms with Gasteiger partial charge in [-0.2, -0.15) is 5.26 Å². The Morgan fingerprint density at radius 2 is 2.19 bits per heavy atom. The predicted molar refractivity (Wildman–Crippen MR) is 76.1 cm³/mol. The highest BCUT2D eigenvalue weighted by molar-refractivity contribution is 5.83. The Morgan fingerprint density at radius 3 is 2.81 bits per heavy atom. The first-order valence-electron chi connectivity index (χ1n) is 6.37. The Bertz CT molecular complexity index is 787. The molecule has 21 heavy (non-hydrogen) atoms. The van der Waals surface area contributed by atoms with E-state index in [1.165, 1.54) is 17.9 Å². The SMILES string of the molecule is CCOC(=O)Cn1cc(C#N)c(=O)c2cc(OC)ccc21. The minimum absolute atomic E-state index is 0.0277. The molecule has 1 aromatic carbocycles. The highest BCUT2D eigenvalue weighted by atomic mass is 16.5. The van der Waals surface area contributed by atoms with Crippen molar-refractivity contribution in [1.82, 2.24) is 4.57 Å². The lowest BCUT2D eigenvalue weighted by atomic mass is 10.1. The van der Waals surface area contributed by atoms with Crippen LogP contribution in [0, 0.1) is 11.3 Å². The molecule has 0 radical (unpaired) electrons. The summed E-state index contributed by atoms with van der Waals surface area (Å²) in [6.45, 7) is 1.93. The molecule has 0 saturated carbocycles. The number of benzene rings is 1. The number of ether oxygens (including phenoxy) is 2. The summed E-state index contributed by atoms with van der Waals surface area (Å²) >= 11 is 0. The van der Waals surface area contributed by atoms with Crippen LogP contribution in [-0.4, -0.2) is 24.3 Å². The molecule has 2 aromatic rings. The third kappa shape index (κ3) is 2.87. The van der Waals surface area contributed by atoms with Crippen molar-refractivity contribution < 1.29 is 14.3 Å². The van der Waals surface area contributed by atoms with E-state index >= 15 is 0 Å². The van der Waals surface area contributed by atoms with Gasteiger partial charge in [-0.1, -0.05) is 0 Å². The fourth-order valence-electron chi connectivity index (χ4n) is 2.06. The zero-order chi connectivity index (χ0) is 15.4. The summed E-state index contributed by atoms with van der Waals surface area (Å²) in [4.78, 5) is 23.8. The van der Waals surface area contributed by atoms with E-state index in [4.69, 9.17) is 14.7 Å². The maximum atomic E-state index is 12.2. The lowest BCUT2D eigenvalue weighted by Crippen LogP contribution is -2.18. The number of hydrogen-bond donors (Lipinski definition) is 0. The normalized spacial score (nSPS) is 10.1. The lowest BCUT2D eigenvalue weighted by Gasteiger charge is -2.11. The Kier molecular flexibility index (Phi) is 4.24. The molecular weight excluding hydrogens is 272 g/mol. The first-order chi connectivity index (χ1) is 10.1. The van der Waals surface area contributed by atoms with Gasteiger partial charge in [0.1, 0.15) is 23.9 Å². The van der Waals surface area contributed by atoms with Gasteiger partial charge in [0, 0.05) is 6.20 Å². The molecular formula is C15H14N2O4. The Hall–Kier alpha value is -2.81. The molecule has 2 rings (SSSR count). The highest BCUT2D eigenvalue weighted by Crippen LogP contribution is 2.19. The molecule has 6 nitrogen and oxygen atoms in total. The van der Waals surface area contributed by atoms with Crippen LogP contribution in [0.1, 0.15) is 12.5 Å². The van der Waals surface area contributed by atoms with Crippen molar-refractivity contribution in [2.45, 2.75) is 13.5 Å². The molecule has 0 aliphatic heterocycles. The number of fused-ring (bicyclic) bond motifs is 1. The smallest absolute Gasteiger partial charge is 0.325 e. The molecule has 0 atom stereocenters. The molecule has 0 bridgehead atoms. The standard InChI is InChI=1S/C15H14N2O4/c1-3-21-14(18)9-17-8-10(7-16)15(19)12-6-11(20-2)4-5-13(12)17/h4-6,8H,3,9H2,1-2H3. The van der Waals surface area contributed by atoms with E-state index in [1.807, 2.05) is 6.07 Å². The van der Waals surface area contributed by atoms with Gasteiger partial charge >= 0.3 is 5.97 Å². The van der Waals surface area contributed by atoms with E-state index in [0.717, 1.165) is 0 Å². The topological polar surface area (TPSA) is 81.3 Å². The Morgan fingerprint density at radius 1 is 1.43 bits per heavy atom. The van der Waals surface area contributed by atoms with Gasteiger partial charge < -0.3 is 14.0 Å². The minimum atomic E-state index is -0.429. The molecule has 0 saturated heterocycles. The van der Waals surface area contributed by atoms with Gasteiger partial charge in [-0.05, 0) is 25.1 Å². The zero-order valence-corrected chi connectivity index (χ0v) is 11.8. The average Bonchev–Trinajstić information content (AvgIpc) is 2.49. The molecule has 1 aromatic heterocycles. The number of aromatic nitrogens is 1. The Labute approximate surface area is 121 Å². The summed E-state index contributed by atoms with van der Waals surface area (Å²) in [6, 6.07) is 6.77. The van der Waals surface area contributed by atoms with Crippen LogP contribution in [0.25, 0.3) is 10.9 Å². The maximum absolute atomic E-state index is 12.2. The summed E-state index contributed by atoms with van der Waals surface area (Å²) < 4.78 is 11.5. The number of rotatable bonds is 4. The first-order valence-corrected chi connectivity index (χ1v) is 6.37. The number of hydrogen-bond acceptors (Lipinski definition) is 5. The monoisotopic (exact) mass is 286 g/mol. The van der Waals surface area contributed by atoms with Gasteiger partial charge in [-0.15, -0.1) is 0 Å². The van der Waals surface area contributed by atoms with E-state index in [0.29, 0.717) is 16.7 Å². The van der Waals surface area contributed by atoms with E-state index < -0.39 is 5.97 Å². The van der Waals surface area contributed by atoms with Gasteiger partial charge in [0.05, 0.1) is 24.6 Å². The van der Waals surface area contributed by atoms with E-state index in [1.54, 1.807) is 25.1 Å². The van der Waals surface area contributed by atoms with Gasteiger partial charge in [0.15, 0.2) is 0 Å². The van der Waals surface area contributed by atoms with Gasteiger partial charge in [-0.25, -0.2) is 0 Å². The molecule has 0 unspecified atom stereocenters. The highest BCUT2D eigenvalue weighted by Gasteiger charge is 2.12. The van der Waals surface area contributed by atoms with E-state index in [9.17, 15) is 9.59 Å². The van der Waals surface area contributed by atoms with Crippen molar-refractivity contribution in [1.29, 1.82) is 5.26 Å². The number of carbonyl (C=O) groups excluding carboxylic acids is 1. The maximum Gasteiger partial charge on any atom is 0.325 e. The zero-order valence-electron chi connectivity index (χ0n) is 11.8. The average molecular weight is 286 g/mol. The molecule has 0 N–H and O–H groups in total. The van der Waals surface area contributed by atoms with Crippen molar-refractivity contribution >= 4 is 16.9 Å². The molecule has 0 aliphatic carbocycles. The Balaban J connectivity index is 2.65. The minimum Gasteiger partial charge on any atom is -0.497 e. The number of carbonyl (C=O) groups is 1. The number of esters is 1. The van der Waals surface area contributed by atoms with Crippen molar-refractivity contribution in [2.24, 2.45) is 0 Å². The van der Waals surface area contributed by atoms with Crippen LogP contribution in [0.15, 0.2) is 29.2 Å². The number of methoxy groups -OCH3 is 1. The second-order valence-corrected chi connectivity index (χ2v) is 4.30. The van der Waals surface area contributed by atoms with Crippen LogP contribution in [-0.2, 0) is 16.1 Å². The van der Waals surface area contributed by atoms with Crippen LogP contribution < -0.4 is 10.2 Å². The third-order valence-corrected chi connectivity index (χ3v) is 3.01. The van der Waals surface area contributed by atoms with E-state index in [2.05, 4.69) is 0 Å². The van der Waals surface area contributed by atoms with Crippen LogP contribution in [0.5, 0.6) is 5.75 Å². The predicted octanol–water partition coefficient (Wildman–Crippen LogP) is 1.44. The fourth-order valence-corrected chi connectivity index (χ4v) is 2.06. The summed E-state index contributed by atoms with van der Waals surface area (Å²) in [5, 5.41) is 9.39. The summed E-state index contributed by atoms with van der Waals surface area (Å²) in [7, 11) is 1.49. The summed E-state index contributed by atoms with van der Waals surface area (Å²) in [5.41, 5.74) is 0.138. The number of nitriles is 1. The summed E-state index contributed by atoms with van der Waals surface area (Å²) in [6.07, 6.45) is 1.37. The molecule has 0 spiro atoms. The van der Waals surface area contributed by atoms with Crippen molar-refractivity contribution in [2.75, 3.05) is 13.7 Å². The molecule has 0 fully saturated rings. The summed E-state index contributed by atoms with van der Waals surface area (Å²) in [5.74, 6) is 0.0829. The molecule has 6 heteroatoms. The third-order valence-electron chi connectivity index (χ3n) is 3.01. The quantitative estimate of drug-likeness (QED) is 0.794. The molecule has 0 amide bonds. The van der Waals surface area contributed by atoms with Gasteiger partial charge in [0.25, 0.3) is 0 Å². The fraction of sp³-hybridized carbons (Fsp3) is 0.267. The van der Waals surface area contributed by atoms with Crippen molar-refractivity contribution in [3.63, 3.8) is 0 Å². The number of pyridine rings is 1. The molecule has 108 valence electrons. The van der Waals surface area contributed by atoms with Crippen LogP contribution in [0.4, 0.5) is 0 Å².